The number of benzene rings is 3. The summed E-state index contributed by atoms with van der Waals surface area (Å²) in [7, 11) is 0. The summed E-state index contributed by atoms with van der Waals surface area (Å²) >= 11 is 5.56. The third-order valence-corrected chi connectivity index (χ3v) is 4.86. The van der Waals surface area contributed by atoms with Crippen molar-refractivity contribution in [3.63, 3.8) is 0 Å². The number of aromatic amines is 1. The Morgan fingerprint density at radius 1 is 0.828 bits per heavy atom. The van der Waals surface area contributed by atoms with Crippen LogP contribution in [0.1, 0.15) is 10.4 Å². The first-order valence-corrected chi connectivity index (χ1v) is 9.01. The fourth-order valence-electron chi connectivity index (χ4n) is 3.03. The zero-order valence-corrected chi connectivity index (χ0v) is 15.6. The van der Waals surface area contributed by atoms with Gasteiger partial charge in [-0.3, -0.25) is 4.79 Å². The Kier molecular flexibility index (Phi) is 4.90. The van der Waals surface area contributed by atoms with E-state index in [0.717, 1.165) is 0 Å². The van der Waals surface area contributed by atoms with Gasteiger partial charge in [0.1, 0.15) is 23.3 Å². The van der Waals surface area contributed by atoms with Gasteiger partial charge in [0, 0.05) is 22.0 Å². The Morgan fingerprint density at radius 2 is 1.41 bits per heavy atom. The molecule has 144 valence electrons. The zero-order chi connectivity index (χ0) is 20.5. The number of fused-ring (bicyclic) bond motifs is 1. The summed E-state index contributed by atoms with van der Waals surface area (Å²) in [5.41, 5.74) is 1.74. The summed E-state index contributed by atoms with van der Waals surface area (Å²) in [6.07, 6.45) is 0. The summed E-state index contributed by atoms with van der Waals surface area (Å²) in [5, 5.41) is 3.19. The highest BCUT2D eigenvalue weighted by Crippen LogP contribution is 2.33. The summed E-state index contributed by atoms with van der Waals surface area (Å²) in [6, 6.07) is 14.7. The van der Waals surface area contributed by atoms with Crippen LogP contribution < -0.4 is 5.32 Å². The summed E-state index contributed by atoms with van der Waals surface area (Å²) < 4.78 is 40.6. The molecule has 0 aliphatic carbocycles. The van der Waals surface area contributed by atoms with E-state index in [0.29, 0.717) is 26.5 Å². The topological polar surface area (TPSA) is 44.9 Å². The van der Waals surface area contributed by atoms with Crippen LogP contribution in [-0.4, -0.2) is 10.9 Å². The number of rotatable bonds is 3. The minimum absolute atomic E-state index is 0.245. The van der Waals surface area contributed by atoms with Gasteiger partial charge in [-0.25, -0.2) is 13.2 Å². The summed E-state index contributed by atoms with van der Waals surface area (Å²) in [6.45, 7) is 0. The number of hydrogen-bond acceptors (Lipinski definition) is 2. The number of nitrogens with one attached hydrogen (secondary N) is 2. The maximum atomic E-state index is 13.8. The molecule has 0 spiro atoms. The number of pyridine rings is 1. The number of amides is 1. The Hall–Kier alpha value is -3.45. The molecule has 0 aliphatic heterocycles. The van der Waals surface area contributed by atoms with E-state index in [1.165, 1.54) is 66.7 Å². The van der Waals surface area contributed by atoms with Crippen LogP contribution >= 0.6 is 12.2 Å². The molecule has 0 fully saturated rings. The lowest BCUT2D eigenvalue weighted by Crippen LogP contribution is -2.14. The van der Waals surface area contributed by atoms with Crippen LogP contribution in [-0.2, 0) is 0 Å². The number of anilines is 1. The molecular formula is C22H13F3N2OS. The number of carbonyl (C=O) groups is 1. The van der Waals surface area contributed by atoms with Gasteiger partial charge in [0.25, 0.3) is 5.91 Å². The molecule has 3 aromatic carbocycles. The van der Waals surface area contributed by atoms with Gasteiger partial charge in [-0.2, -0.15) is 0 Å². The largest absolute Gasteiger partial charge is 0.341 e. The Morgan fingerprint density at radius 3 is 2.07 bits per heavy atom. The van der Waals surface area contributed by atoms with Crippen molar-refractivity contribution >= 4 is 34.8 Å². The average Bonchev–Trinajstić information content (AvgIpc) is 2.70. The first kappa shape index (κ1) is 18.9. The second-order valence-corrected chi connectivity index (χ2v) is 6.77. The molecule has 1 heterocycles. The Labute approximate surface area is 168 Å². The zero-order valence-electron chi connectivity index (χ0n) is 14.8. The lowest BCUT2D eigenvalue weighted by molar-refractivity contribution is 0.102. The molecule has 2 N–H and O–H groups in total. The Balaban J connectivity index is 1.89. The molecule has 4 rings (SSSR count). The van der Waals surface area contributed by atoms with E-state index in [1.807, 2.05) is 0 Å². The van der Waals surface area contributed by atoms with Crippen molar-refractivity contribution in [3.8, 4) is 11.1 Å². The molecular weight excluding hydrogens is 397 g/mol. The maximum Gasteiger partial charge on any atom is 0.256 e. The predicted molar refractivity (Wildman–Crippen MR) is 109 cm³/mol. The first-order chi connectivity index (χ1) is 13.9. The highest BCUT2D eigenvalue weighted by molar-refractivity contribution is 7.71. The highest BCUT2D eigenvalue weighted by Gasteiger charge is 2.16. The van der Waals surface area contributed by atoms with Crippen LogP contribution in [0, 0.1) is 22.0 Å². The molecule has 0 radical (unpaired) electrons. The highest BCUT2D eigenvalue weighted by atomic mass is 32.1. The molecule has 0 aliphatic rings. The predicted octanol–water partition coefficient (Wildman–Crippen LogP) is 6.23. The van der Waals surface area contributed by atoms with E-state index >= 15 is 0 Å². The van der Waals surface area contributed by atoms with Gasteiger partial charge in [-0.15, -0.1) is 0 Å². The summed E-state index contributed by atoms with van der Waals surface area (Å²) in [4.78, 5) is 15.7. The van der Waals surface area contributed by atoms with Gasteiger partial charge < -0.3 is 10.3 Å². The van der Waals surface area contributed by atoms with Gasteiger partial charge in [-0.1, -0.05) is 24.4 Å². The number of halogens is 3. The van der Waals surface area contributed by atoms with Gasteiger partial charge in [-0.05, 0) is 60.2 Å². The van der Waals surface area contributed by atoms with E-state index < -0.39 is 23.4 Å². The van der Waals surface area contributed by atoms with Crippen LogP contribution in [0.5, 0.6) is 0 Å². The monoisotopic (exact) mass is 410 g/mol. The average molecular weight is 410 g/mol. The lowest BCUT2D eigenvalue weighted by atomic mass is 10.0. The lowest BCUT2D eigenvalue weighted by Gasteiger charge is -2.14. The van der Waals surface area contributed by atoms with Crippen molar-refractivity contribution in [2.45, 2.75) is 0 Å². The second-order valence-electron chi connectivity index (χ2n) is 6.36. The molecule has 0 unspecified atom stereocenters. The molecule has 29 heavy (non-hydrogen) atoms. The van der Waals surface area contributed by atoms with Crippen molar-refractivity contribution in [1.29, 1.82) is 0 Å². The molecule has 0 saturated carbocycles. The molecule has 7 heteroatoms. The van der Waals surface area contributed by atoms with Gasteiger partial charge in [0.2, 0.25) is 0 Å². The quantitative estimate of drug-likeness (QED) is 0.393. The number of aromatic nitrogens is 1. The normalized spacial score (nSPS) is 10.9. The summed E-state index contributed by atoms with van der Waals surface area (Å²) in [5.74, 6) is -1.55. The van der Waals surface area contributed by atoms with Crippen LogP contribution in [0.4, 0.5) is 19.0 Å². The van der Waals surface area contributed by atoms with Gasteiger partial charge in [0.15, 0.2) is 0 Å². The van der Waals surface area contributed by atoms with Crippen molar-refractivity contribution in [2.75, 3.05) is 5.32 Å². The third-order valence-electron chi connectivity index (χ3n) is 4.44. The fourth-order valence-corrected chi connectivity index (χ4v) is 3.42. The van der Waals surface area contributed by atoms with E-state index in [1.54, 1.807) is 0 Å². The first-order valence-electron chi connectivity index (χ1n) is 8.61. The van der Waals surface area contributed by atoms with Gasteiger partial charge in [0.05, 0.1) is 4.51 Å². The third kappa shape index (κ3) is 3.77. The van der Waals surface area contributed by atoms with Crippen LogP contribution in [0.15, 0.2) is 66.7 Å². The Bertz CT molecular complexity index is 1280. The molecule has 4 aromatic rings. The molecule has 1 aromatic heterocycles. The van der Waals surface area contributed by atoms with Crippen molar-refractivity contribution in [1.82, 2.24) is 4.98 Å². The van der Waals surface area contributed by atoms with Crippen LogP contribution in [0.2, 0.25) is 0 Å². The number of carbonyl (C=O) groups excluding carboxylic acids is 1. The van der Waals surface area contributed by atoms with E-state index in [2.05, 4.69) is 10.3 Å². The van der Waals surface area contributed by atoms with Crippen molar-refractivity contribution in [2.24, 2.45) is 0 Å². The smallest absolute Gasteiger partial charge is 0.256 e. The van der Waals surface area contributed by atoms with Crippen molar-refractivity contribution < 1.29 is 18.0 Å². The molecule has 0 saturated heterocycles. The SMILES string of the molecule is O=C(Nc1[nH]c2ccc(F)cc2c(=S)c1-c1ccc(F)cc1)c1ccc(F)cc1. The van der Waals surface area contributed by atoms with Gasteiger partial charge >= 0.3 is 0 Å². The molecule has 0 bridgehead atoms. The molecule has 0 atom stereocenters. The van der Waals surface area contributed by atoms with E-state index in [-0.39, 0.29) is 11.4 Å². The van der Waals surface area contributed by atoms with Crippen LogP contribution in [0.3, 0.4) is 0 Å². The minimum atomic E-state index is -0.486. The maximum absolute atomic E-state index is 13.8. The standard InChI is InChI=1S/C22H13F3N2OS/c23-14-5-1-12(2-6-14)19-20(29)17-11-16(25)9-10-18(17)26-21(19)27-22(28)13-3-7-15(24)8-4-13/h1-11H,(H2,26,27,28,29). The van der Waals surface area contributed by atoms with Crippen molar-refractivity contribution in [3.05, 3.63) is 94.3 Å². The second kappa shape index (κ2) is 7.52. The molecule has 1 amide bonds. The number of hydrogen-bond donors (Lipinski definition) is 2. The molecule has 3 nitrogen and oxygen atoms in total. The van der Waals surface area contributed by atoms with E-state index in [9.17, 15) is 18.0 Å². The van der Waals surface area contributed by atoms with E-state index in [4.69, 9.17) is 12.2 Å². The minimum Gasteiger partial charge on any atom is -0.341 e. The van der Waals surface area contributed by atoms with Crippen LogP contribution in [0.25, 0.3) is 22.0 Å². The number of H-pyrrole nitrogens is 1. The fraction of sp³-hybridized carbons (Fsp3) is 0.